The van der Waals surface area contributed by atoms with Crippen LogP contribution in [0.4, 0.5) is 5.69 Å². The molecule has 0 aromatic heterocycles. The van der Waals surface area contributed by atoms with E-state index in [4.69, 9.17) is 0 Å². The van der Waals surface area contributed by atoms with Crippen molar-refractivity contribution < 1.29 is 18.3 Å². The lowest BCUT2D eigenvalue weighted by molar-refractivity contribution is -0.117. The predicted molar refractivity (Wildman–Crippen MR) is 95.9 cm³/mol. The fraction of sp³-hybridized carbons (Fsp3) is 0.278. The minimum absolute atomic E-state index is 0.0954. The monoisotopic (exact) mass is 360 g/mol. The van der Waals surface area contributed by atoms with E-state index in [1.54, 1.807) is 6.07 Å². The molecular weight excluding hydrogens is 340 g/mol. The summed E-state index contributed by atoms with van der Waals surface area (Å²) in [5.41, 5.74) is 3.31. The zero-order valence-electron chi connectivity index (χ0n) is 14.1. The number of carbonyl (C=O) groups is 1. The highest BCUT2D eigenvalue weighted by Gasteiger charge is 2.35. The summed E-state index contributed by atoms with van der Waals surface area (Å²) in [4.78, 5) is 11.3. The first-order valence-corrected chi connectivity index (χ1v) is 9.44. The summed E-state index contributed by atoms with van der Waals surface area (Å²) in [7, 11) is -3.92. The molecule has 1 amide bonds. The van der Waals surface area contributed by atoms with E-state index in [1.807, 2.05) is 16.9 Å². The van der Waals surface area contributed by atoms with Gasteiger partial charge < -0.3 is 5.11 Å². The molecule has 1 saturated heterocycles. The average molecular weight is 360 g/mol. The molecule has 2 aromatic rings. The second kappa shape index (κ2) is 6.40. The number of nitrogens with zero attached hydrogens (tertiary/aromatic N) is 1. The lowest BCUT2D eigenvalue weighted by Gasteiger charge is -2.17. The van der Waals surface area contributed by atoms with Crippen LogP contribution in [0.5, 0.6) is 5.75 Å². The van der Waals surface area contributed by atoms with E-state index in [1.165, 1.54) is 17.7 Å². The quantitative estimate of drug-likeness (QED) is 0.876. The van der Waals surface area contributed by atoms with Crippen LogP contribution in [0, 0.1) is 0 Å². The van der Waals surface area contributed by atoms with E-state index in [-0.39, 0.29) is 18.0 Å². The normalized spacial score (nSPS) is 16.3. The van der Waals surface area contributed by atoms with Gasteiger partial charge in [-0.2, -0.15) is 8.42 Å². The number of hydrogen-bond donors (Lipinski definition) is 2. The molecule has 2 N–H and O–H groups in total. The molecule has 0 unspecified atom stereocenters. The molecule has 0 spiro atoms. The van der Waals surface area contributed by atoms with Crippen LogP contribution >= 0.6 is 0 Å². The fourth-order valence-corrected chi connectivity index (χ4v) is 4.01. The summed E-state index contributed by atoms with van der Waals surface area (Å²) in [5, 5.41) is 10.2. The van der Waals surface area contributed by atoms with Crippen LogP contribution in [0.25, 0.3) is 0 Å². The Morgan fingerprint density at radius 3 is 2.48 bits per heavy atom. The van der Waals surface area contributed by atoms with Crippen LogP contribution in [0.1, 0.15) is 36.5 Å². The van der Waals surface area contributed by atoms with E-state index in [9.17, 15) is 18.3 Å². The third-order valence-corrected chi connectivity index (χ3v) is 5.55. The van der Waals surface area contributed by atoms with Gasteiger partial charge in [0.15, 0.2) is 0 Å². The molecule has 2 aromatic carbocycles. The maximum Gasteiger partial charge on any atom is 0.326 e. The number of amides is 1. The van der Waals surface area contributed by atoms with Gasteiger partial charge >= 0.3 is 10.2 Å². The largest absolute Gasteiger partial charge is 0.506 e. The van der Waals surface area contributed by atoms with E-state index >= 15 is 0 Å². The predicted octanol–water partition coefficient (Wildman–Crippen LogP) is 2.29. The number of phenols is 1. The molecule has 25 heavy (non-hydrogen) atoms. The van der Waals surface area contributed by atoms with Crippen LogP contribution in [-0.4, -0.2) is 26.0 Å². The van der Waals surface area contributed by atoms with Crippen LogP contribution in [0.3, 0.4) is 0 Å². The molecule has 0 saturated carbocycles. The van der Waals surface area contributed by atoms with E-state index in [0.717, 1.165) is 15.4 Å². The third kappa shape index (κ3) is 3.61. The summed E-state index contributed by atoms with van der Waals surface area (Å²) < 4.78 is 26.5. The number of rotatable bonds is 4. The SMILES string of the molecule is CC(C)c1cccc(Cc2ccc(N3CC(=O)NS3(=O)=O)c(O)c2)c1. The van der Waals surface area contributed by atoms with Crippen LogP contribution in [0.15, 0.2) is 42.5 Å². The lowest BCUT2D eigenvalue weighted by Crippen LogP contribution is -2.29. The highest BCUT2D eigenvalue weighted by molar-refractivity contribution is 7.92. The smallest absolute Gasteiger partial charge is 0.326 e. The van der Waals surface area contributed by atoms with Gasteiger partial charge in [-0.1, -0.05) is 44.2 Å². The number of carbonyl (C=O) groups excluding carboxylic acids is 1. The zero-order valence-corrected chi connectivity index (χ0v) is 14.9. The Labute approximate surface area is 147 Å². The number of benzene rings is 2. The summed E-state index contributed by atoms with van der Waals surface area (Å²) >= 11 is 0. The van der Waals surface area contributed by atoms with Crippen molar-refractivity contribution in [2.24, 2.45) is 0 Å². The fourth-order valence-electron chi connectivity index (χ4n) is 2.85. The maximum atomic E-state index is 11.9. The molecular formula is C18H20N2O4S. The van der Waals surface area contributed by atoms with E-state index in [0.29, 0.717) is 12.3 Å². The molecule has 7 heteroatoms. The molecule has 0 bridgehead atoms. The Balaban J connectivity index is 1.86. The summed E-state index contributed by atoms with van der Waals surface area (Å²) in [6, 6.07) is 13.1. The number of nitrogens with one attached hydrogen (secondary N) is 1. The minimum atomic E-state index is -3.92. The van der Waals surface area contributed by atoms with Gasteiger partial charge in [-0.05, 0) is 41.2 Å². The van der Waals surface area contributed by atoms with Gasteiger partial charge in [0.1, 0.15) is 12.3 Å². The molecule has 6 nitrogen and oxygen atoms in total. The van der Waals surface area contributed by atoms with Crippen molar-refractivity contribution in [2.45, 2.75) is 26.2 Å². The highest BCUT2D eigenvalue weighted by Crippen LogP contribution is 2.32. The van der Waals surface area contributed by atoms with Gasteiger partial charge in [-0.3, -0.25) is 4.79 Å². The van der Waals surface area contributed by atoms with Crippen molar-refractivity contribution in [3.63, 3.8) is 0 Å². The molecule has 0 radical (unpaired) electrons. The van der Waals surface area contributed by atoms with Gasteiger partial charge in [-0.15, -0.1) is 0 Å². The molecule has 0 aliphatic carbocycles. The van der Waals surface area contributed by atoms with Gasteiger partial charge in [0.25, 0.3) is 5.91 Å². The molecule has 1 aliphatic heterocycles. The zero-order chi connectivity index (χ0) is 18.2. The second-order valence-electron chi connectivity index (χ2n) is 6.44. The Morgan fingerprint density at radius 2 is 1.88 bits per heavy atom. The van der Waals surface area contributed by atoms with Crippen molar-refractivity contribution >= 4 is 21.8 Å². The Kier molecular flexibility index (Phi) is 4.43. The van der Waals surface area contributed by atoms with Crippen molar-refractivity contribution in [2.75, 3.05) is 10.8 Å². The molecule has 1 aliphatic rings. The van der Waals surface area contributed by atoms with Gasteiger partial charge in [0.2, 0.25) is 0 Å². The Hall–Kier alpha value is -2.54. The van der Waals surface area contributed by atoms with Gasteiger partial charge in [0, 0.05) is 0 Å². The molecule has 1 heterocycles. The summed E-state index contributed by atoms with van der Waals surface area (Å²) in [6.07, 6.45) is 0.623. The van der Waals surface area contributed by atoms with Crippen molar-refractivity contribution in [3.8, 4) is 5.75 Å². The lowest BCUT2D eigenvalue weighted by atomic mass is 9.97. The Bertz CT molecular complexity index is 922. The number of phenolic OH excluding ortho intramolecular Hbond substituents is 1. The van der Waals surface area contributed by atoms with E-state index in [2.05, 4.69) is 26.0 Å². The van der Waals surface area contributed by atoms with Crippen LogP contribution < -0.4 is 9.03 Å². The van der Waals surface area contributed by atoms with Gasteiger partial charge in [0.05, 0.1) is 5.69 Å². The number of aromatic hydroxyl groups is 1. The molecule has 132 valence electrons. The molecule has 1 fully saturated rings. The van der Waals surface area contributed by atoms with Crippen molar-refractivity contribution in [3.05, 3.63) is 59.2 Å². The maximum absolute atomic E-state index is 11.9. The second-order valence-corrected chi connectivity index (χ2v) is 8.03. The third-order valence-electron chi connectivity index (χ3n) is 4.15. The first kappa shape index (κ1) is 17.3. The summed E-state index contributed by atoms with van der Waals surface area (Å²) in [6.45, 7) is 3.93. The Morgan fingerprint density at radius 1 is 1.16 bits per heavy atom. The molecule has 0 atom stereocenters. The highest BCUT2D eigenvalue weighted by atomic mass is 32.2. The number of anilines is 1. The van der Waals surface area contributed by atoms with Crippen molar-refractivity contribution in [1.29, 1.82) is 0 Å². The topological polar surface area (TPSA) is 86.7 Å². The molecule has 3 rings (SSSR count). The van der Waals surface area contributed by atoms with Crippen LogP contribution in [-0.2, 0) is 21.4 Å². The standard InChI is InChI=1S/C18H20N2O4S/c1-12(2)15-5-3-4-13(9-15)8-14-6-7-16(17(21)10-14)20-11-18(22)19-25(20,23)24/h3-7,9-10,12,21H,8,11H2,1-2H3,(H,19,22). The average Bonchev–Trinajstić information content (AvgIpc) is 2.80. The number of hydrogen-bond acceptors (Lipinski definition) is 4. The van der Waals surface area contributed by atoms with Gasteiger partial charge in [-0.25, -0.2) is 9.03 Å². The minimum Gasteiger partial charge on any atom is -0.506 e. The van der Waals surface area contributed by atoms with Crippen molar-refractivity contribution in [1.82, 2.24) is 4.72 Å². The first-order valence-electron chi connectivity index (χ1n) is 8.00. The summed E-state index contributed by atoms with van der Waals surface area (Å²) in [5.74, 6) is -0.354. The first-order chi connectivity index (χ1) is 11.8. The van der Waals surface area contributed by atoms with Crippen LogP contribution in [0.2, 0.25) is 0 Å². The van der Waals surface area contributed by atoms with E-state index < -0.39 is 16.1 Å².